The second-order valence-electron chi connectivity index (χ2n) is 4.47. The number of aromatic nitrogens is 2. The number of sulfonamides is 1. The first-order chi connectivity index (χ1) is 9.96. The van der Waals surface area contributed by atoms with Gasteiger partial charge in [0, 0.05) is 19.8 Å². The zero-order chi connectivity index (χ0) is 15.5. The van der Waals surface area contributed by atoms with E-state index in [4.69, 9.17) is 0 Å². The first-order valence-corrected chi connectivity index (χ1v) is 7.81. The Morgan fingerprint density at radius 2 is 2.10 bits per heavy atom. The van der Waals surface area contributed by atoms with Gasteiger partial charge in [0.15, 0.2) is 0 Å². The van der Waals surface area contributed by atoms with E-state index in [2.05, 4.69) is 10.4 Å². The van der Waals surface area contributed by atoms with E-state index in [9.17, 15) is 12.8 Å². The number of halogens is 1. The number of nitrogens with one attached hydrogen (secondary N) is 1. The fourth-order valence-electron chi connectivity index (χ4n) is 1.82. The van der Waals surface area contributed by atoms with Crippen LogP contribution in [0.2, 0.25) is 0 Å². The van der Waals surface area contributed by atoms with Crippen LogP contribution in [0.25, 0.3) is 0 Å². The monoisotopic (exact) mass is 312 g/mol. The van der Waals surface area contributed by atoms with Crippen molar-refractivity contribution in [3.8, 4) is 0 Å². The highest BCUT2D eigenvalue weighted by molar-refractivity contribution is 7.92. The van der Waals surface area contributed by atoms with Crippen molar-refractivity contribution < 1.29 is 12.8 Å². The highest BCUT2D eigenvalue weighted by Crippen LogP contribution is 2.24. The Kier molecular flexibility index (Phi) is 4.59. The smallest absolute Gasteiger partial charge is 0.267 e. The Labute approximate surface area is 123 Å². The molecule has 0 amide bonds. The predicted molar refractivity (Wildman–Crippen MR) is 78.1 cm³/mol. The predicted octanol–water partition coefficient (Wildman–Crippen LogP) is 1.07. The largest absolute Gasteiger partial charge is 0.318 e. The first kappa shape index (κ1) is 15.5. The minimum Gasteiger partial charge on any atom is -0.318 e. The van der Waals surface area contributed by atoms with E-state index in [0.717, 1.165) is 4.31 Å². The molecule has 0 saturated carbocycles. The molecule has 114 valence electrons. The zero-order valence-corrected chi connectivity index (χ0v) is 12.6. The molecule has 0 fully saturated rings. The topological polar surface area (TPSA) is 67.2 Å². The molecule has 0 aliphatic heterocycles. The van der Waals surface area contributed by atoms with Crippen LogP contribution >= 0.6 is 0 Å². The fraction of sp³-hybridized carbons (Fsp3) is 0.308. The number of benzene rings is 1. The molecule has 0 aliphatic carbocycles. The molecular formula is C13H17FN4O2S. The standard InChI is InChI=1S/C13H17FN4O2S/c1-15-7-8-18-10-11(9-16-18)21(19,20)17(2)13-6-4-3-5-12(13)14/h3-6,9-10,15H,7-8H2,1-2H3. The van der Waals surface area contributed by atoms with Crippen molar-refractivity contribution in [3.05, 3.63) is 42.5 Å². The number of nitrogens with zero attached hydrogens (tertiary/aromatic N) is 3. The third-order valence-electron chi connectivity index (χ3n) is 3.05. The molecule has 0 radical (unpaired) electrons. The number of hydrogen-bond donors (Lipinski definition) is 1. The maximum absolute atomic E-state index is 13.7. The van der Waals surface area contributed by atoms with Crippen LogP contribution in [0.1, 0.15) is 0 Å². The van der Waals surface area contributed by atoms with Crippen molar-refractivity contribution in [2.24, 2.45) is 0 Å². The summed E-state index contributed by atoms with van der Waals surface area (Å²) in [5.74, 6) is -0.592. The Hall–Kier alpha value is -1.93. The minimum atomic E-state index is -3.83. The quantitative estimate of drug-likeness (QED) is 0.866. The van der Waals surface area contributed by atoms with Crippen LogP contribution < -0.4 is 9.62 Å². The van der Waals surface area contributed by atoms with E-state index in [1.807, 2.05) is 0 Å². The molecule has 0 spiro atoms. The van der Waals surface area contributed by atoms with Crippen molar-refractivity contribution in [3.63, 3.8) is 0 Å². The van der Waals surface area contributed by atoms with Gasteiger partial charge in [0.05, 0.1) is 18.4 Å². The summed E-state index contributed by atoms with van der Waals surface area (Å²) in [4.78, 5) is 0.0318. The van der Waals surface area contributed by atoms with Gasteiger partial charge in [0.25, 0.3) is 10.0 Å². The van der Waals surface area contributed by atoms with Gasteiger partial charge < -0.3 is 5.32 Å². The molecule has 1 aromatic carbocycles. The Morgan fingerprint density at radius 1 is 1.38 bits per heavy atom. The first-order valence-electron chi connectivity index (χ1n) is 6.37. The molecule has 1 heterocycles. The number of likely N-dealkylation sites (N-methyl/N-ethyl adjacent to an activating group) is 1. The minimum absolute atomic E-state index is 0.000440. The third kappa shape index (κ3) is 3.22. The van der Waals surface area contributed by atoms with E-state index in [0.29, 0.717) is 13.1 Å². The second-order valence-corrected chi connectivity index (χ2v) is 6.44. The lowest BCUT2D eigenvalue weighted by atomic mass is 10.3. The molecule has 6 nitrogen and oxygen atoms in total. The van der Waals surface area contributed by atoms with Crippen molar-refractivity contribution in [1.29, 1.82) is 0 Å². The maximum atomic E-state index is 13.7. The zero-order valence-electron chi connectivity index (χ0n) is 11.8. The van der Waals surface area contributed by atoms with Gasteiger partial charge in [-0.15, -0.1) is 0 Å². The van der Waals surface area contributed by atoms with Crippen LogP contribution in [0.3, 0.4) is 0 Å². The molecule has 0 bridgehead atoms. The number of anilines is 1. The average Bonchev–Trinajstić information content (AvgIpc) is 2.94. The molecule has 1 N–H and O–H groups in total. The Balaban J connectivity index is 2.29. The van der Waals surface area contributed by atoms with Crippen molar-refractivity contribution >= 4 is 15.7 Å². The molecule has 2 rings (SSSR count). The van der Waals surface area contributed by atoms with Crippen LogP contribution in [0.5, 0.6) is 0 Å². The summed E-state index contributed by atoms with van der Waals surface area (Å²) in [5.41, 5.74) is 0.000440. The van der Waals surface area contributed by atoms with Gasteiger partial charge in [-0.05, 0) is 19.2 Å². The van der Waals surface area contributed by atoms with E-state index >= 15 is 0 Å². The second kappa shape index (κ2) is 6.23. The summed E-state index contributed by atoms with van der Waals surface area (Å²) in [6, 6.07) is 5.73. The number of hydrogen-bond acceptors (Lipinski definition) is 4. The van der Waals surface area contributed by atoms with Crippen LogP contribution in [0.15, 0.2) is 41.6 Å². The van der Waals surface area contributed by atoms with Gasteiger partial charge in [-0.25, -0.2) is 12.8 Å². The van der Waals surface area contributed by atoms with Crippen molar-refractivity contribution in [1.82, 2.24) is 15.1 Å². The fourth-order valence-corrected chi connectivity index (χ4v) is 2.98. The van der Waals surface area contributed by atoms with Crippen LogP contribution in [0, 0.1) is 5.82 Å². The summed E-state index contributed by atoms with van der Waals surface area (Å²) in [6.07, 6.45) is 2.70. The van der Waals surface area contributed by atoms with Crippen LogP contribution in [-0.4, -0.2) is 38.8 Å². The van der Waals surface area contributed by atoms with E-state index in [1.165, 1.54) is 42.3 Å². The lowest BCUT2D eigenvalue weighted by Crippen LogP contribution is -2.27. The Morgan fingerprint density at radius 3 is 2.76 bits per heavy atom. The van der Waals surface area contributed by atoms with Crippen molar-refractivity contribution in [2.75, 3.05) is 24.9 Å². The van der Waals surface area contributed by atoms with Gasteiger partial charge in [-0.1, -0.05) is 12.1 Å². The highest BCUT2D eigenvalue weighted by atomic mass is 32.2. The summed E-state index contributed by atoms with van der Waals surface area (Å²) in [7, 11) is -0.712. The molecule has 2 aromatic rings. The third-order valence-corrected chi connectivity index (χ3v) is 4.77. The molecule has 0 unspecified atom stereocenters. The van der Waals surface area contributed by atoms with Crippen LogP contribution in [0.4, 0.5) is 10.1 Å². The maximum Gasteiger partial charge on any atom is 0.267 e. The molecular weight excluding hydrogens is 295 g/mol. The summed E-state index contributed by atoms with van der Waals surface area (Å²) in [6.45, 7) is 1.22. The Bertz CT molecular complexity index is 714. The summed E-state index contributed by atoms with van der Waals surface area (Å²) < 4.78 is 41.1. The molecule has 0 atom stereocenters. The molecule has 8 heteroatoms. The van der Waals surface area contributed by atoms with Crippen LogP contribution in [-0.2, 0) is 16.6 Å². The van der Waals surface area contributed by atoms with Gasteiger partial charge >= 0.3 is 0 Å². The lowest BCUT2D eigenvalue weighted by Gasteiger charge is -2.18. The highest BCUT2D eigenvalue weighted by Gasteiger charge is 2.24. The van der Waals surface area contributed by atoms with Gasteiger partial charge in [0.1, 0.15) is 10.7 Å². The SMILES string of the molecule is CNCCn1cc(S(=O)(=O)N(C)c2ccccc2F)cn1. The van der Waals surface area contributed by atoms with Crippen molar-refractivity contribution in [2.45, 2.75) is 11.4 Å². The molecule has 21 heavy (non-hydrogen) atoms. The van der Waals surface area contributed by atoms with E-state index < -0.39 is 15.8 Å². The molecule has 0 saturated heterocycles. The number of rotatable bonds is 6. The average molecular weight is 312 g/mol. The van der Waals surface area contributed by atoms with E-state index in [-0.39, 0.29) is 10.6 Å². The van der Waals surface area contributed by atoms with Gasteiger partial charge in [0.2, 0.25) is 0 Å². The van der Waals surface area contributed by atoms with E-state index in [1.54, 1.807) is 13.1 Å². The normalized spacial score (nSPS) is 11.6. The lowest BCUT2D eigenvalue weighted by molar-refractivity contribution is 0.580. The summed E-state index contributed by atoms with van der Waals surface area (Å²) in [5, 5.41) is 6.95. The molecule has 1 aromatic heterocycles. The van der Waals surface area contributed by atoms with Gasteiger partial charge in [-0.3, -0.25) is 8.99 Å². The molecule has 0 aliphatic rings. The summed E-state index contributed by atoms with van der Waals surface area (Å²) >= 11 is 0. The van der Waals surface area contributed by atoms with Gasteiger partial charge in [-0.2, -0.15) is 5.10 Å². The number of para-hydroxylation sites is 1.